The molecule has 94 valence electrons. The van der Waals surface area contributed by atoms with Crippen molar-refractivity contribution in [1.29, 1.82) is 0 Å². The van der Waals surface area contributed by atoms with Crippen LogP contribution in [0, 0.1) is 6.92 Å². The lowest BCUT2D eigenvalue weighted by atomic mass is 10.5. The fourth-order valence-electron chi connectivity index (χ4n) is 1.21. The number of rotatable bonds is 3. The summed E-state index contributed by atoms with van der Waals surface area (Å²) in [5.41, 5.74) is 0. The smallest absolute Gasteiger partial charge is 0.308 e. The summed E-state index contributed by atoms with van der Waals surface area (Å²) in [7, 11) is 0. The number of aromatic nitrogens is 3. The number of anilines is 2. The lowest BCUT2D eigenvalue weighted by molar-refractivity contribution is -0.131. The standard InChI is InChI=1S/C10H9BrN4O2S/c1-5-13-7(11)3-8(14-5)15-10-12-4-9(18-10)17-6(2)16/h3-4H,1-2H3,(H,12,13,14,15). The molecule has 2 rings (SSSR count). The molecule has 0 fully saturated rings. The Bertz CT molecular complexity index is 567. The predicted octanol–water partition coefficient (Wildman–Crippen LogP) is 2.67. The first-order valence-electron chi connectivity index (χ1n) is 4.95. The van der Waals surface area contributed by atoms with Gasteiger partial charge in [-0.05, 0) is 22.9 Å². The molecule has 0 aliphatic carbocycles. The van der Waals surface area contributed by atoms with E-state index in [0.29, 0.717) is 26.4 Å². The van der Waals surface area contributed by atoms with E-state index in [2.05, 4.69) is 36.2 Å². The number of aryl methyl sites for hydroxylation is 1. The Morgan fingerprint density at radius 2 is 2.28 bits per heavy atom. The Labute approximate surface area is 116 Å². The molecule has 1 N–H and O–H groups in total. The van der Waals surface area contributed by atoms with Crippen molar-refractivity contribution in [3.8, 4) is 5.06 Å². The Hall–Kier alpha value is -1.54. The lowest BCUT2D eigenvalue weighted by Gasteiger charge is -2.02. The zero-order valence-corrected chi connectivity index (χ0v) is 12.0. The van der Waals surface area contributed by atoms with Gasteiger partial charge in [-0.25, -0.2) is 15.0 Å². The molecule has 8 heteroatoms. The summed E-state index contributed by atoms with van der Waals surface area (Å²) in [6.45, 7) is 3.14. The molecule has 6 nitrogen and oxygen atoms in total. The van der Waals surface area contributed by atoms with Crippen molar-refractivity contribution in [3.63, 3.8) is 0 Å². The van der Waals surface area contributed by atoms with Crippen molar-refractivity contribution in [2.75, 3.05) is 5.32 Å². The molecule has 0 aromatic carbocycles. The highest BCUT2D eigenvalue weighted by Crippen LogP contribution is 2.28. The number of thiazole rings is 1. The van der Waals surface area contributed by atoms with Crippen LogP contribution >= 0.6 is 27.3 Å². The van der Waals surface area contributed by atoms with E-state index in [9.17, 15) is 4.79 Å². The minimum atomic E-state index is -0.370. The molecule has 2 aromatic heterocycles. The molecule has 0 amide bonds. The van der Waals surface area contributed by atoms with Gasteiger partial charge in [-0.2, -0.15) is 0 Å². The number of hydrogen-bond acceptors (Lipinski definition) is 7. The molecule has 0 atom stereocenters. The highest BCUT2D eigenvalue weighted by atomic mass is 79.9. The van der Waals surface area contributed by atoms with Gasteiger partial charge in [0.05, 0.1) is 6.20 Å². The van der Waals surface area contributed by atoms with Gasteiger partial charge in [-0.3, -0.25) is 4.79 Å². The van der Waals surface area contributed by atoms with E-state index in [1.165, 1.54) is 24.5 Å². The van der Waals surface area contributed by atoms with E-state index >= 15 is 0 Å². The van der Waals surface area contributed by atoms with Gasteiger partial charge in [0, 0.05) is 13.0 Å². The van der Waals surface area contributed by atoms with Crippen molar-refractivity contribution in [1.82, 2.24) is 15.0 Å². The second-order valence-corrected chi connectivity index (χ2v) is 5.13. The van der Waals surface area contributed by atoms with Crippen molar-refractivity contribution in [2.24, 2.45) is 0 Å². The average Bonchev–Trinajstić information content (AvgIpc) is 2.62. The van der Waals surface area contributed by atoms with Crippen LogP contribution in [0.25, 0.3) is 0 Å². The topological polar surface area (TPSA) is 77.0 Å². The molecule has 0 saturated carbocycles. The zero-order chi connectivity index (χ0) is 13.1. The van der Waals surface area contributed by atoms with Crippen LogP contribution < -0.4 is 10.1 Å². The van der Waals surface area contributed by atoms with Gasteiger partial charge >= 0.3 is 5.97 Å². The SMILES string of the molecule is CC(=O)Oc1cnc(Nc2cc(Br)nc(C)n2)s1. The van der Waals surface area contributed by atoms with Crippen molar-refractivity contribution >= 4 is 44.2 Å². The van der Waals surface area contributed by atoms with E-state index in [1.807, 2.05) is 0 Å². The van der Waals surface area contributed by atoms with E-state index in [1.54, 1.807) is 13.0 Å². The van der Waals surface area contributed by atoms with E-state index in [-0.39, 0.29) is 5.97 Å². The lowest BCUT2D eigenvalue weighted by Crippen LogP contribution is -1.99. The van der Waals surface area contributed by atoms with Crippen molar-refractivity contribution in [2.45, 2.75) is 13.8 Å². The van der Waals surface area contributed by atoms with Gasteiger partial charge in [0.1, 0.15) is 16.2 Å². The summed E-state index contributed by atoms with van der Waals surface area (Å²) in [5.74, 6) is 0.896. The van der Waals surface area contributed by atoms with Crippen LogP contribution in [0.5, 0.6) is 5.06 Å². The number of nitrogens with zero attached hydrogens (tertiary/aromatic N) is 3. The Balaban J connectivity index is 2.13. The summed E-state index contributed by atoms with van der Waals surface area (Å²) >= 11 is 4.51. The molecule has 0 aliphatic rings. The van der Waals surface area contributed by atoms with Crippen molar-refractivity contribution < 1.29 is 9.53 Å². The maximum Gasteiger partial charge on any atom is 0.308 e. The number of carbonyl (C=O) groups is 1. The zero-order valence-electron chi connectivity index (χ0n) is 9.60. The summed E-state index contributed by atoms with van der Waals surface area (Å²) in [6.07, 6.45) is 1.48. The largest absolute Gasteiger partial charge is 0.414 e. The minimum absolute atomic E-state index is 0.370. The summed E-state index contributed by atoms with van der Waals surface area (Å²) in [6, 6.07) is 1.74. The second-order valence-electron chi connectivity index (χ2n) is 3.33. The highest BCUT2D eigenvalue weighted by Gasteiger charge is 2.07. The molecule has 2 aromatic rings. The number of halogens is 1. The third-order valence-corrected chi connectivity index (χ3v) is 2.97. The number of hydrogen-bond donors (Lipinski definition) is 1. The van der Waals surface area contributed by atoms with Crippen LogP contribution in [0.15, 0.2) is 16.9 Å². The fraction of sp³-hybridized carbons (Fsp3) is 0.200. The third-order valence-electron chi connectivity index (χ3n) is 1.77. The number of nitrogens with one attached hydrogen (secondary N) is 1. The van der Waals surface area contributed by atoms with Gasteiger partial charge in [-0.1, -0.05) is 11.3 Å². The van der Waals surface area contributed by atoms with Crippen LogP contribution in [0.4, 0.5) is 10.9 Å². The number of esters is 1. The third kappa shape index (κ3) is 3.47. The van der Waals surface area contributed by atoms with Crippen LogP contribution in [0.1, 0.15) is 12.7 Å². The molecule has 0 spiro atoms. The second kappa shape index (κ2) is 5.40. The molecule has 0 bridgehead atoms. The number of ether oxygens (including phenoxy) is 1. The quantitative estimate of drug-likeness (QED) is 0.689. The number of carbonyl (C=O) groups excluding carboxylic acids is 1. The highest BCUT2D eigenvalue weighted by molar-refractivity contribution is 9.10. The first-order valence-corrected chi connectivity index (χ1v) is 6.56. The molecule has 0 aliphatic heterocycles. The molecule has 0 saturated heterocycles. The summed E-state index contributed by atoms with van der Waals surface area (Å²) in [4.78, 5) is 23.2. The normalized spacial score (nSPS) is 10.2. The molecular weight excluding hydrogens is 320 g/mol. The summed E-state index contributed by atoms with van der Waals surface area (Å²) < 4.78 is 5.60. The maximum atomic E-state index is 10.8. The molecule has 18 heavy (non-hydrogen) atoms. The van der Waals surface area contributed by atoms with Crippen LogP contribution in [-0.4, -0.2) is 20.9 Å². The van der Waals surface area contributed by atoms with Gasteiger partial charge < -0.3 is 10.1 Å². The summed E-state index contributed by atoms with van der Waals surface area (Å²) in [5, 5.41) is 4.05. The van der Waals surface area contributed by atoms with Gasteiger partial charge in [-0.15, -0.1) is 0 Å². The van der Waals surface area contributed by atoms with E-state index < -0.39 is 0 Å². The maximum absolute atomic E-state index is 10.8. The van der Waals surface area contributed by atoms with Crippen LogP contribution in [-0.2, 0) is 4.79 Å². The Morgan fingerprint density at radius 1 is 1.50 bits per heavy atom. The van der Waals surface area contributed by atoms with Gasteiger partial charge in [0.2, 0.25) is 5.06 Å². The van der Waals surface area contributed by atoms with Gasteiger partial charge in [0.25, 0.3) is 0 Å². The van der Waals surface area contributed by atoms with Crippen LogP contribution in [0.3, 0.4) is 0 Å². The predicted molar refractivity (Wildman–Crippen MR) is 71.2 cm³/mol. The Kier molecular flexibility index (Phi) is 3.87. The molecule has 0 radical (unpaired) electrons. The monoisotopic (exact) mass is 328 g/mol. The minimum Gasteiger partial charge on any atom is -0.414 e. The van der Waals surface area contributed by atoms with E-state index in [4.69, 9.17) is 4.74 Å². The van der Waals surface area contributed by atoms with E-state index in [0.717, 1.165) is 0 Å². The van der Waals surface area contributed by atoms with Crippen molar-refractivity contribution in [3.05, 3.63) is 22.7 Å². The average molecular weight is 329 g/mol. The first-order chi connectivity index (χ1) is 8.52. The fourth-order valence-corrected chi connectivity index (χ4v) is 2.40. The van der Waals surface area contributed by atoms with Gasteiger partial charge in [0.15, 0.2) is 5.13 Å². The van der Waals surface area contributed by atoms with Crippen LogP contribution in [0.2, 0.25) is 0 Å². The Morgan fingerprint density at radius 3 is 2.94 bits per heavy atom. The molecular formula is C10H9BrN4O2S. The molecule has 0 unspecified atom stereocenters. The molecule has 2 heterocycles. The first kappa shape index (κ1) is 12.9.